The van der Waals surface area contributed by atoms with Crippen LogP contribution in [0.1, 0.15) is 26.3 Å². The molecule has 0 aliphatic carbocycles. The Bertz CT molecular complexity index is 1590. The normalized spacial score (nSPS) is 17.2. The third kappa shape index (κ3) is 6.41. The molecule has 2 N–H and O–H groups in total. The van der Waals surface area contributed by atoms with Gasteiger partial charge >= 0.3 is 5.97 Å². The zero-order valence-corrected chi connectivity index (χ0v) is 26.0. The number of amides is 1. The van der Waals surface area contributed by atoms with E-state index < -0.39 is 17.7 Å². The minimum Gasteiger partial charge on any atom is -0.478 e. The highest BCUT2D eigenvalue weighted by Crippen LogP contribution is 2.41. The number of aliphatic hydroxyl groups excluding tert-OH is 1. The standard InChI is InChI=1S/C32H33Cl2FN4O6/c33-25-14-21(37-6-4-36(5-7-37)8-11-40)15-26(34)29(25)31(41)39-18-20-2-1-3-22(30(20)45-19-39)23-17-28(38-9-12-44-13-10-38)24(32(42)43)16-27(23)35/h1-3,14-17,40H,4-13,18-19H2,(H,42,43). The van der Waals surface area contributed by atoms with Crippen LogP contribution in [0.5, 0.6) is 5.75 Å². The van der Waals surface area contributed by atoms with Crippen molar-refractivity contribution < 1.29 is 33.7 Å². The Morgan fingerprint density at radius 2 is 1.62 bits per heavy atom. The summed E-state index contributed by atoms with van der Waals surface area (Å²) in [6.07, 6.45) is 0. The molecule has 10 nitrogen and oxygen atoms in total. The van der Waals surface area contributed by atoms with E-state index in [2.05, 4.69) is 9.80 Å². The topological polar surface area (TPSA) is 106 Å². The van der Waals surface area contributed by atoms with E-state index >= 15 is 4.39 Å². The lowest BCUT2D eigenvalue weighted by molar-refractivity contribution is 0.0516. The van der Waals surface area contributed by atoms with Crippen molar-refractivity contribution in [2.75, 3.05) is 82.2 Å². The number of nitrogens with zero attached hydrogens (tertiary/aromatic N) is 4. The predicted octanol–water partition coefficient (Wildman–Crippen LogP) is 4.44. The number of aliphatic hydroxyl groups is 1. The summed E-state index contributed by atoms with van der Waals surface area (Å²) in [4.78, 5) is 33.3. The summed E-state index contributed by atoms with van der Waals surface area (Å²) >= 11 is 13.3. The molecule has 0 atom stereocenters. The molecule has 3 heterocycles. The second-order valence-electron chi connectivity index (χ2n) is 11.2. The molecule has 13 heteroatoms. The number of β-amino-alcohol motifs (C(OH)–C–C–N with tert-alkyl or cyclic N) is 1. The second kappa shape index (κ2) is 13.4. The highest BCUT2D eigenvalue weighted by Gasteiger charge is 2.30. The van der Waals surface area contributed by atoms with Crippen LogP contribution in [0, 0.1) is 5.82 Å². The number of carboxylic acid groups (broad SMARTS) is 1. The summed E-state index contributed by atoms with van der Waals surface area (Å²) in [6.45, 7) is 5.74. The number of carboxylic acids is 1. The van der Waals surface area contributed by atoms with Gasteiger partial charge in [-0.3, -0.25) is 9.69 Å². The van der Waals surface area contributed by atoms with Crippen molar-refractivity contribution in [2.24, 2.45) is 0 Å². The number of morpholine rings is 1. The first-order valence-corrected chi connectivity index (χ1v) is 15.5. The van der Waals surface area contributed by atoms with Gasteiger partial charge in [0.25, 0.3) is 5.91 Å². The number of carbonyl (C=O) groups is 2. The summed E-state index contributed by atoms with van der Waals surface area (Å²) in [5.41, 5.74) is 2.61. The summed E-state index contributed by atoms with van der Waals surface area (Å²) in [6, 6.07) is 11.3. The highest BCUT2D eigenvalue weighted by molar-refractivity contribution is 6.40. The molecule has 3 aliphatic heterocycles. The summed E-state index contributed by atoms with van der Waals surface area (Å²) in [5.74, 6) is -1.88. The fourth-order valence-corrected chi connectivity index (χ4v) is 6.73. The Kier molecular flexibility index (Phi) is 9.34. The molecule has 0 saturated carbocycles. The van der Waals surface area contributed by atoms with Crippen molar-refractivity contribution >= 4 is 46.5 Å². The van der Waals surface area contributed by atoms with Gasteiger partial charge in [0.1, 0.15) is 11.6 Å². The van der Waals surface area contributed by atoms with Crippen LogP contribution >= 0.6 is 23.2 Å². The Labute approximate surface area is 270 Å². The molecule has 2 saturated heterocycles. The number of carbonyl (C=O) groups excluding carboxylic acids is 1. The molecule has 0 unspecified atom stereocenters. The van der Waals surface area contributed by atoms with Gasteiger partial charge in [-0.2, -0.15) is 0 Å². The molecule has 1 amide bonds. The van der Waals surface area contributed by atoms with Crippen molar-refractivity contribution in [3.8, 4) is 16.9 Å². The van der Waals surface area contributed by atoms with Gasteiger partial charge in [0.15, 0.2) is 6.73 Å². The monoisotopic (exact) mass is 658 g/mol. The number of anilines is 2. The van der Waals surface area contributed by atoms with E-state index in [9.17, 15) is 19.8 Å². The highest BCUT2D eigenvalue weighted by atomic mass is 35.5. The number of para-hydroxylation sites is 1. The Balaban J connectivity index is 1.24. The van der Waals surface area contributed by atoms with Gasteiger partial charge in [-0.05, 0) is 24.3 Å². The number of piperazine rings is 1. The number of benzene rings is 3. The first kappa shape index (κ1) is 31.4. The third-order valence-corrected chi connectivity index (χ3v) is 9.06. The average Bonchev–Trinajstić information content (AvgIpc) is 3.04. The zero-order valence-electron chi connectivity index (χ0n) is 24.5. The largest absolute Gasteiger partial charge is 0.478 e. The summed E-state index contributed by atoms with van der Waals surface area (Å²) in [7, 11) is 0. The fraction of sp³-hybridized carbons (Fsp3) is 0.375. The molecular formula is C32H33Cl2FN4O6. The van der Waals surface area contributed by atoms with Crippen molar-refractivity contribution in [3.63, 3.8) is 0 Å². The number of halogens is 3. The molecule has 0 spiro atoms. The molecule has 45 heavy (non-hydrogen) atoms. The summed E-state index contributed by atoms with van der Waals surface area (Å²) < 4.78 is 27.0. The number of rotatable bonds is 7. The minimum atomic E-state index is -1.21. The van der Waals surface area contributed by atoms with E-state index in [0.29, 0.717) is 55.4 Å². The van der Waals surface area contributed by atoms with Gasteiger partial charge in [-0.1, -0.05) is 41.4 Å². The maximum absolute atomic E-state index is 15.5. The predicted molar refractivity (Wildman–Crippen MR) is 169 cm³/mol. The molecule has 0 aromatic heterocycles. The van der Waals surface area contributed by atoms with Crippen molar-refractivity contribution in [1.29, 1.82) is 0 Å². The number of aromatic carboxylic acids is 1. The third-order valence-electron chi connectivity index (χ3n) is 8.46. The molecule has 238 valence electrons. The molecule has 6 rings (SSSR count). The van der Waals surface area contributed by atoms with Crippen LogP contribution in [0.3, 0.4) is 0 Å². The van der Waals surface area contributed by atoms with Crippen LogP contribution < -0.4 is 14.5 Å². The van der Waals surface area contributed by atoms with Crippen LogP contribution in [-0.4, -0.2) is 104 Å². The van der Waals surface area contributed by atoms with E-state index in [0.717, 1.165) is 37.9 Å². The second-order valence-corrected chi connectivity index (χ2v) is 12.0. The molecule has 0 radical (unpaired) electrons. The van der Waals surface area contributed by atoms with Gasteiger partial charge in [0.2, 0.25) is 0 Å². The Morgan fingerprint density at radius 1 is 0.911 bits per heavy atom. The van der Waals surface area contributed by atoms with E-state index in [1.54, 1.807) is 36.4 Å². The van der Waals surface area contributed by atoms with Crippen LogP contribution in [0.15, 0.2) is 42.5 Å². The number of ether oxygens (including phenoxy) is 2. The minimum absolute atomic E-state index is 0.116. The number of fused-ring (bicyclic) bond motifs is 1. The SMILES string of the molecule is O=C(O)c1cc(F)c(-c2cccc3c2OCN(C(=O)c2c(Cl)cc(N4CCN(CCO)CC4)cc2Cl)C3)cc1N1CCOCC1. The van der Waals surface area contributed by atoms with E-state index in [4.69, 9.17) is 32.7 Å². The molecule has 3 aromatic rings. The number of hydrogen-bond donors (Lipinski definition) is 2. The quantitative estimate of drug-likeness (QED) is 0.381. The number of hydrogen-bond acceptors (Lipinski definition) is 8. The maximum atomic E-state index is 15.5. The van der Waals surface area contributed by atoms with Crippen LogP contribution in [-0.2, 0) is 11.3 Å². The van der Waals surface area contributed by atoms with Crippen LogP contribution in [0.2, 0.25) is 10.0 Å². The van der Waals surface area contributed by atoms with Gasteiger partial charge in [0, 0.05) is 68.2 Å². The first-order chi connectivity index (χ1) is 21.7. The fourth-order valence-electron chi connectivity index (χ4n) is 6.10. The van der Waals surface area contributed by atoms with E-state index in [1.165, 1.54) is 4.90 Å². The molecule has 3 aliphatic rings. The Hall–Kier alpha value is -3.61. The van der Waals surface area contributed by atoms with Crippen molar-refractivity contribution in [1.82, 2.24) is 9.80 Å². The molecule has 3 aromatic carbocycles. The molecular weight excluding hydrogens is 626 g/mol. The van der Waals surface area contributed by atoms with Crippen molar-refractivity contribution in [2.45, 2.75) is 6.54 Å². The Morgan fingerprint density at radius 3 is 2.29 bits per heavy atom. The van der Waals surface area contributed by atoms with Gasteiger partial charge in [-0.15, -0.1) is 0 Å². The summed E-state index contributed by atoms with van der Waals surface area (Å²) in [5, 5.41) is 19.4. The molecule has 0 bridgehead atoms. The molecule has 2 fully saturated rings. The first-order valence-electron chi connectivity index (χ1n) is 14.8. The maximum Gasteiger partial charge on any atom is 0.337 e. The van der Waals surface area contributed by atoms with Crippen molar-refractivity contribution in [3.05, 3.63) is 75.0 Å². The lowest BCUT2D eigenvalue weighted by atomic mass is 9.97. The van der Waals surface area contributed by atoms with E-state index in [-0.39, 0.29) is 46.6 Å². The lowest BCUT2D eigenvalue weighted by Crippen LogP contribution is -2.47. The van der Waals surface area contributed by atoms with Gasteiger partial charge < -0.3 is 34.4 Å². The van der Waals surface area contributed by atoms with Crippen LogP contribution in [0.25, 0.3) is 11.1 Å². The lowest BCUT2D eigenvalue weighted by Gasteiger charge is -2.36. The smallest absolute Gasteiger partial charge is 0.337 e. The van der Waals surface area contributed by atoms with E-state index in [1.807, 2.05) is 4.90 Å². The van der Waals surface area contributed by atoms with Gasteiger partial charge in [-0.25, -0.2) is 9.18 Å². The zero-order chi connectivity index (χ0) is 31.7. The van der Waals surface area contributed by atoms with Crippen LogP contribution in [0.4, 0.5) is 15.8 Å². The average molecular weight is 660 g/mol. The van der Waals surface area contributed by atoms with Gasteiger partial charge in [0.05, 0.1) is 53.2 Å².